The van der Waals surface area contributed by atoms with Gasteiger partial charge in [0.2, 0.25) is 0 Å². The highest BCUT2D eigenvalue weighted by Crippen LogP contribution is 2.31. The summed E-state index contributed by atoms with van der Waals surface area (Å²) < 4.78 is 17.0. The number of nitro groups is 1. The number of nitro benzene ring substituents is 1. The second-order valence-corrected chi connectivity index (χ2v) is 6.50. The van der Waals surface area contributed by atoms with Crippen LogP contribution in [0.4, 0.5) is 5.69 Å². The van der Waals surface area contributed by atoms with Crippen LogP contribution in [0.1, 0.15) is 6.92 Å². The summed E-state index contributed by atoms with van der Waals surface area (Å²) in [4.78, 5) is 24.3. The fraction of sp³-hybridized carbons (Fsp3) is 0.316. The molecule has 0 saturated heterocycles. The molecule has 0 fully saturated rings. The van der Waals surface area contributed by atoms with E-state index in [1.54, 1.807) is 4.90 Å². The predicted octanol–water partition coefficient (Wildman–Crippen LogP) is 3.32. The molecule has 1 aliphatic heterocycles. The zero-order valence-electron chi connectivity index (χ0n) is 15.2. The Labute approximate surface area is 166 Å². The van der Waals surface area contributed by atoms with Crippen LogP contribution >= 0.6 is 11.6 Å². The Morgan fingerprint density at radius 3 is 2.75 bits per heavy atom. The number of rotatable bonds is 7. The van der Waals surface area contributed by atoms with E-state index in [-0.39, 0.29) is 35.1 Å². The number of para-hydroxylation sites is 2. The SMILES string of the molecule is CCN(C[C@H]1COc2ccccc2O1)C(=O)COc1ccc([N+](=O)[O-])cc1Cl. The molecule has 1 amide bonds. The Hall–Kier alpha value is -3.00. The van der Waals surface area contributed by atoms with Gasteiger partial charge in [-0.3, -0.25) is 14.9 Å². The van der Waals surface area contributed by atoms with E-state index >= 15 is 0 Å². The van der Waals surface area contributed by atoms with E-state index in [1.165, 1.54) is 18.2 Å². The maximum absolute atomic E-state index is 12.5. The third kappa shape index (κ3) is 4.64. The fourth-order valence-electron chi connectivity index (χ4n) is 2.76. The molecule has 1 atom stereocenters. The average molecular weight is 407 g/mol. The minimum absolute atomic E-state index is 0.0747. The first-order valence-corrected chi connectivity index (χ1v) is 9.08. The molecule has 2 aromatic rings. The summed E-state index contributed by atoms with van der Waals surface area (Å²) >= 11 is 5.98. The van der Waals surface area contributed by atoms with Crippen molar-refractivity contribution in [3.05, 3.63) is 57.6 Å². The first-order chi connectivity index (χ1) is 13.5. The molecule has 0 unspecified atom stereocenters. The lowest BCUT2D eigenvalue weighted by molar-refractivity contribution is -0.384. The van der Waals surface area contributed by atoms with Crippen molar-refractivity contribution in [2.45, 2.75) is 13.0 Å². The molecular weight excluding hydrogens is 388 g/mol. The molecular formula is C19H19ClN2O6. The Morgan fingerprint density at radius 1 is 1.32 bits per heavy atom. The normalized spacial score (nSPS) is 15.0. The van der Waals surface area contributed by atoms with Gasteiger partial charge in [-0.2, -0.15) is 0 Å². The maximum Gasteiger partial charge on any atom is 0.271 e. The van der Waals surface area contributed by atoms with Crippen molar-refractivity contribution in [2.24, 2.45) is 0 Å². The number of likely N-dealkylation sites (N-methyl/N-ethyl adjacent to an activating group) is 1. The van der Waals surface area contributed by atoms with Gasteiger partial charge in [0.1, 0.15) is 12.4 Å². The van der Waals surface area contributed by atoms with Crippen molar-refractivity contribution in [3.63, 3.8) is 0 Å². The molecule has 0 N–H and O–H groups in total. The monoisotopic (exact) mass is 406 g/mol. The van der Waals surface area contributed by atoms with Gasteiger partial charge in [0.15, 0.2) is 24.2 Å². The van der Waals surface area contributed by atoms with E-state index < -0.39 is 4.92 Å². The molecule has 0 bridgehead atoms. The van der Waals surface area contributed by atoms with Gasteiger partial charge in [-0.05, 0) is 25.1 Å². The number of hydrogen-bond donors (Lipinski definition) is 0. The van der Waals surface area contributed by atoms with Crippen LogP contribution in [0.5, 0.6) is 17.2 Å². The van der Waals surface area contributed by atoms with Gasteiger partial charge in [-0.1, -0.05) is 23.7 Å². The number of ether oxygens (including phenoxy) is 3. The lowest BCUT2D eigenvalue weighted by Crippen LogP contribution is -2.45. The second-order valence-electron chi connectivity index (χ2n) is 6.09. The van der Waals surface area contributed by atoms with Crippen LogP contribution in [-0.2, 0) is 4.79 Å². The van der Waals surface area contributed by atoms with Crippen molar-refractivity contribution in [3.8, 4) is 17.2 Å². The summed E-state index contributed by atoms with van der Waals surface area (Å²) in [5.74, 6) is 1.29. The van der Waals surface area contributed by atoms with Crippen LogP contribution in [-0.4, -0.2) is 48.1 Å². The van der Waals surface area contributed by atoms with Gasteiger partial charge in [0, 0.05) is 18.7 Å². The standard InChI is InChI=1S/C19H19ClN2O6/c1-2-21(10-14-11-26-17-5-3-4-6-18(17)28-14)19(23)12-27-16-8-7-13(22(24)25)9-15(16)20/h3-9,14H,2,10-12H2,1H3/t14-/m0/s1. The summed E-state index contributed by atoms with van der Waals surface area (Å²) in [5.41, 5.74) is -0.145. The van der Waals surface area contributed by atoms with Crippen LogP contribution in [0.15, 0.2) is 42.5 Å². The van der Waals surface area contributed by atoms with Crippen LogP contribution in [0.25, 0.3) is 0 Å². The molecule has 8 nitrogen and oxygen atoms in total. The third-order valence-electron chi connectivity index (χ3n) is 4.20. The first kappa shape index (κ1) is 19.8. The summed E-state index contributed by atoms with van der Waals surface area (Å²) in [6, 6.07) is 11.2. The molecule has 148 valence electrons. The van der Waals surface area contributed by atoms with Gasteiger partial charge in [-0.15, -0.1) is 0 Å². The molecule has 0 radical (unpaired) electrons. The molecule has 0 aliphatic carbocycles. The quantitative estimate of drug-likeness (QED) is 0.517. The van der Waals surface area contributed by atoms with Crippen LogP contribution in [0.3, 0.4) is 0 Å². The van der Waals surface area contributed by atoms with Gasteiger partial charge in [-0.25, -0.2) is 0 Å². The number of fused-ring (bicyclic) bond motifs is 1. The average Bonchev–Trinajstić information content (AvgIpc) is 2.70. The summed E-state index contributed by atoms with van der Waals surface area (Å²) in [5, 5.41) is 10.8. The first-order valence-electron chi connectivity index (χ1n) is 8.71. The van der Waals surface area contributed by atoms with E-state index in [1.807, 2.05) is 31.2 Å². The van der Waals surface area contributed by atoms with E-state index in [9.17, 15) is 14.9 Å². The topological polar surface area (TPSA) is 91.1 Å². The number of halogens is 1. The Bertz CT molecular complexity index is 875. The minimum Gasteiger partial charge on any atom is -0.486 e. The zero-order valence-corrected chi connectivity index (χ0v) is 15.9. The Balaban J connectivity index is 1.56. The highest BCUT2D eigenvalue weighted by atomic mass is 35.5. The Kier molecular flexibility index (Phi) is 6.20. The molecule has 0 aromatic heterocycles. The van der Waals surface area contributed by atoms with E-state index in [2.05, 4.69) is 0 Å². The predicted molar refractivity (Wildman–Crippen MR) is 102 cm³/mol. The summed E-state index contributed by atoms with van der Waals surface area (Å²) in [6.45, 7) is 2.78. The highest BCUT2D eigenvalue weighted by molar-refractivity contribution is 6.32. The molecule has 1 heterocycles. The number of carbonyl (C=O) groups is 1. The van der Waals surface area contributed by atoms with E-state index in [0.29, 0.717) is 31.2 Å². The third-order valence-corrected chi connectivity index (χ3v) is 4.50. The van der Waals surface area contributed by atoms with Gasteiger partial charge in [0.25, 0.3) is 11.6 Å². The molecule has 3 rings (SSSR count). The lowest BCUT2D eigenvalue weighted by Gasteiger charge is -2.30. The van der Waals surface area contributed by atoms with Gasteiger partial charge < -0.3 is 19.1 Å². The van der Waals surface area contributed by atoms with Crippen LogP contribution in [0, 0.1) is 10.1 Å². The smallest absolute Gasteiger partial charge is 0.271 e. The molecule has 28 heavy (non-hydrogen) atoms. The number of benzene rings is 2. The molecule has 9 heteroatoms. The van der Waals surface area contributed by atoms with Crippen LogP contribution in [0.2, 0.25) is 5.02 Å². The van der Waals surface area contributed by atoms with Crippen molar-refractivity contribution in [2.75, 3.05) is 26.3 Å². The number of non-ortho nitro benzene ring substituents is 1. The maximum atomic E-state index is 12.5. The van der Waals surface area contributed by atoms with E-state index in [0.717, 1.165) is 0 Å². The lowest BCUT2D eigenvalue weighted by atomic mass is 10.2. The number of hydrogen-bond acceptors (Lipinski definition) is 6. The minimum atomic E-state index is -0.552. The van der Waals surface area contributed by atoms with Crippen molar-refractivity contribution >= 4 is 23.2 Å². The molecule has 0 spiro atoms. The Morgan fingerprint density at radius 2 is 2.07 bits per heavy atom. The van der Waals surface area contributed by atoms with Crippen LogP contribution < -0.4 is 14.2 Å². The van der Waals surface area contributed by atoms with E-state index in [4.69, 9.17) is 25.8 Å². The van der Waals surface area contributed by atoms with Gasteiger partial charge in [0.05, 0.1) is 16.5 Å². The number of carbonyl (C=O) groups excluding carboxylic acids is 1. The number of amides is 1. The largest absolute Gasteiger partial charge is 0.486 e. The summed E-state index contributed by atoms with van der Waals surface area (Å²) in [6.07, 6.45) is -0.290. The zero-order chi connectivity index (χ0) is 20.1. The van der Waals surface area contributed by atoms with Gasteiger partial charge >= 0.3 is 0 Å². The van der Waals surface area contributed by atoms with Crippen molar-refractivity contribution in [1.82, 2.24) is 4.90 Å². The van der Waals surface area contributed by atoms with Crippen molar-refractivity contribution in [1.29, 1.82) is 0 Å². The molecule has 0 saturated carbocycles. The second kappa shape index (κ2) is 8.79. The fourth-order valence-corrected chi connectivity index (χ4v) is 2.99. The molecule has 2 aromatic carbocycles. The molecule has 1 aliphatic rings. The number of nitrogens with zero attached hydrogens (tertiary/aromatic N) is 2. The summed E-state index contributed by atoms with van der Waals surface area (Å²) in [7, 11) is 0. The van der Waals surface area contributed by atoms with Crippen molar-refractivity contribution < 1.29 is 23.9 Å². The highest BCUT2D eigenvalue weighted by Gasteiger charge is 2.25.